The van der Waals surface area contributed by atoms with Gasteiger partial charge in [0, 0.05) is 19.6 Å². The molecule has 0 aromatic heterocycles. The summed E-state index contributed by atoms with van der Waals surface area (Å²) < 4.78 is 5.55. The quantitative estimate of drug-likeness (QED) is 0.863. The molecule has 4 nitrogen and oxygen atoms in total. The second-order valence-corrected chi connectivity index (χ2v) is 5.87. The summed E-state index contributed by atoms with van der Waals surface area (Å²) in [5.74, 6) is -0.277. The maximum absolute atomic E-state index is 12.1. The summed E-state index contributed by atoms with van der Waals surface area (Å²) in [6, 6.07) is 18.7. The van der Waals surface area contributed by atoms with Crippen LogP contribution in [0.15, 0.2) is 60.7 Å². The van der Waals surface area contributed by atoms with Crippen LogP contribution in [0.3, 0.4) is 0 Å². The third-order valence-electron chi connectivity index (χ3n) is 4.13. The first-order valence-corrected chi connectivity index (χ1v) is 7.94. The molecule has 2 aromatic rings. The highest BCUT2D eigenvalue weighted by molar-refractivity contribution is 5.89. The van der Waals surface area contributed by atoms with Crippen LogP contribution in [-0.4, -0.2) is 41.7 Å². The van der Waals surface area contributed by atoms with E-state index in [1.165, 1.54) is 0 Å². The van der Waals surface area contributed by atoms with Gasteiger partial charge in [0.25, 0.3) is 0 Å². The fourth-order valence-corrected chi connectivity index (χ4v) is 2.88. The molecule has 0 radical (unpaired) electrons. The van der Waals surface area contributed by atoms with E-state index in [1.807, 2.05) is 48.5 Å². The van der Waals surface area contributed by atoms with E-state index in [0.29, 0.717) is 18.7 Å². The topological polar surface area (TPSA) is 49.8 Å². The molecule has 1 aliphatic rings. The van der Waals surface area contributed by atoms with Crippen molar-refractivity contribution in [1.82, 2.24) is 4.90 Å². The van der Waals surface area contributed by atoms with E-state index in [-0.39, 0.29) is 12.1 Å². The van der Waals surface area contributed by atoms with Gasteiger partial charge in [-0.25, -0.2) is 4.79 Å². The summed E-state index contributed by atoms with van der Waals surface area (Å²) in [6.07, 6.45) is 0.186. The molecule has 2 atom stereocenters. The van der Waals surface area contributed by atoms with Crippen LogP contribution in [-0.2, 0) is 4.74 Å². The molecule has 4 heteroatoms. The van der Waals surface area contributed by atoms with Crippen molar-refractivity contribution in [2.45, 2.75) is 18.6 Å². The molecule has 3 rings (SSSR count). The Bertz CT molecular complexity index is 630. The van der Waals surface area contributed by atoms with E-state index in [0.717, 1.165) is 18.5 Å². The Labute approximate surface area is 136 Å². The lowest BCUT2D eigenvalue weighted by atomic mass is 10.1. The van der Waals surface area contributed by atoms with Crippen molar-refractivity contribution in [3.8, 4) is 0 Å². The average Bonchev–Trinajstić information content (AvgIpc) is 3.03. The summed E-state index contributed by atoms with van der Waals surface area (Å²) >= 11 is 0. The molecule has 0 spiro atoms. The number of likely N-dealkylation sites (tertiary alicyclic amines) is 1. The molecule has 1 saturated heterocycles. The fraction of sp³-hybridized carbons (Fsp3) is 0.316. The molecular weight excluding hydrogens is 290 g/mol. The molecule has 23 heavy (non-hydrogen) atoms. The number of aliphatic hydroxyl groups is 1. The number of benzene rings is 2. The summed E-state index contributed by atoms with van der Waals surface area (Å²) in [5, 5.41) is 10.3. The number of aliphatic hydroxyl groups excluding tert-OH is 1. The Kier molecular flexibility index (Phi) is 5.05. The Morgan fingerprint density at radius 1 is 1.13 bits per heavy atom. The first-order chi connectivity index (χ1) is 11.2. The third kappa shape index (κ3) is 4.18. The molecule has 0 saturated carbocycles. The van der Waals surface area contributed by atoms with Gasteiger partial charge in [0.2, 0.25) is 0 Å². The first-order valence-electron chi connectivity index (χ1n) is 7.94. The van der Waals surface area contributed by atoms with Crippen molar-refractivity contribution in [3.63, 3.8) is 0 Å². The first kappa shape index (κ1) is 15.7. The molecule has 2 aromatic carbocycles. The number of hydrogen-bond acceptors (Lipinski definition) is 4. The minimum atomic E-state index is -0.514. The van der Waals surface area contributed by atoms with Crippen molar-refractivity contribution >= 4 is 5.97 Å². The highest BCUT2D eigenvalue weighted by Gasteiger charge is 2.27. The van der Waals surface area contributed by atoms with Gasteiger partial charge in [-0.3, -0.25) is 4.90 Å². The fourth-order valence-electron chi connectivity index (χ4n) is 2.88. The van der Waals surface area contributed by atoms with Crippen molar-refractivity contribution in [1.29, 1.82) is 0 Å². The monoisotopic (exact) mass is 311 g/mol. The molecule has 0 amide bonds. The number of nitrogens with zero attached hydrogens (tertiary/aromatic N) is 1. The van der Waals surface area contributed by atoms with Crippen LogP contribution in [0.4, 0.5) is 0 Å². The zero-order valence-corrected chi connectivity index (χ0v) is 13.0. The van der Waals surface area contributed by atoms with Crippen molar-refractivity contribution in [3.05, 3.63) is 71.8 Å². The van der Waals surface area contributed by atoms with Crippen LogP contribution in [0.25, 0.3) is 0 Å². The number of β-amino-alcohol motifs (C(OH)–C–C–N with tert-alkyl or cyclic N) is 1. The van der Waals surface area contributed by atoms with E-state index in [2.05, 4.69) is 4.90 Å². The lowest BCUT2D eigenvalue weighted by Gasteiger charge is -2.20. The lowest BCUT2D eigenvalue weighted by Crippen LogP contribution is -2.29. The molecule has 0 bridgehead atoms. The Morgan fingerprint density at radius 3 is 2.48 bits per heavy atom. The third-order valence-corrected chi connectivity index (χ3v) is 4.13. The Hall–Kier alpha value is -2.17. The van der Waals surface area contributed by atoms with Gasteiger partial charge in [-0.2, -0.15) is 0 Å². The molecule has 1 heterocycles. The molecule has 1 fully saturated rings. The largest absolute Gasteiger partial charge is 0.457 e. The van der Waals surface area contributed by atoms with Gasteiger partial charge >= 0.3 is 5.97 Å². The van der Waals surface area contributed by atoms with E-state index >= 15 is 0 Å². The van der Waals surface area contributed by atoms with Crippen LogP contribution in [0.1, 0.15) is 28.4 Å². The molecule has 1 N–H and O–H groups in total. The maximum atomic E-state index is 12.1. The van der Waals surface area contributed by atoms with Crippen LogP contribution < -0.4 is 0 Å². The van der Waals surface area contributed by atoms with Crippen LogP contribution in [0, 0.1) is 0 Å². The second-order valence-electron chi connectivity index (χ2n) is 5.87. The van der Waals surface area contributed by atoms with Gasteiger partial charge in [0.1, 0.15) is 6.10 Å². The zero-order chi connectivity index (χ0) is 16.1. The maximum Gasteiger partial charge on any atom is 0.338 e. The van der Waals surface area contributed by atoms with Crippen LogP contribution in [0.5, 0.6) is 0 Å². The van der Waals surface area contributed by atoms with Crippen LogP contribution >= 0.6 is 0 Å². The minimum Gasteiger partial charge on any atom is -0.457 e. The van der Waals surface area contributed by atoms with E-state index < -0.39 is 6.10 Å². The van der Waals surface area contributed by atoms with E-state index in [9.17, 15) is 9.90 Å². The van der Waals surface area contributed by atoms with Gasteiger partial charge in [-0.05, 0) is 24.1 Å². The molecular formula is C19H21NO3. The van der Waals surface area contributed by atoms with Gasteiger partial charge in [-0.1, -0.05) is 48.5 Å². The lowest BCUT2D eigenvalue weighted by molar-refractivity contribution is 0.0309. The van der Waals surface area contributed by atoms with Gasteiger partial charge < -0.3 is 9.84 Å². The number of esters is 1. The minimum absolute atomic E-state index is 0.106. The van der Waals surface area contributed by atoms with E-state index in [4.69, 9.17) is 4.74 Å². The van der Waals surface area contributed by atoms with Crippen LogP contribution in [0.2, 0.25) is 0 Å². The smallest absolute Gasteiger partial charge is 0.338 e. The highest BCUT2D eigenvalue weighted by atomic mass is 16.5. The standard InChI is InChI=1S/C19H21NO3/c21-18(15-7-3-1-4-8-15)14-20-12-11-17(13-20)23-19(22)16-9-5-2-6-10-16/h1-10,17-18,21H,11-14H2/t17-,18+/m0/s1. The molecule has 120 valence electrons. The number of rotatable bonds is 5. The SMILES string of the molecule is O=C(O[C@H]1CCN(C[C@@H](O)c2ccccc2)C1)c1ccccc1. The average molecular weight is 311 g/mol. The Morgan fingerprint density at radius 2 is 1.78 bits per heavy atom. The normalized spacial score (nSPS) is 19.4. The van der Waals surface area contributed by atoms with E-state index in [1.54, 1.807) is 12.1 Å². The van der Waals surface area contributed by atoms with Gasteiger partial charge in [0.05, 0.1) is 11.7 Å². The molecule has 1 aliphatic heterocycles. The predicted octanol–water partition coefficient (Wildman–Crippen LogP) is 2.65. The van der Waals surface area contributed by atoms with Crippen molar-refractivity contribution < 1.29 is 14.6 Å². The molecule has 0 unspecified atom stereocenters. The summed E-state index contributed by atoms with van der Waals surface area (Å²) in [6.45, 7) is 2.06. The second kappa shape index (κ2) is 7.40. The summed E-state index contributed by atoms with van der Waals surface area (Å²) in [7, 11) is 0. The number of ether oxygens (including phenoxy) is 1. The van der Waals surface area contributed by atoms with Crippen molar-refractivity contribution in [2.24, 2.45) is 0 Å². The van der Waals surface area contributed by atoms with Crippen molar-refractivity contribution in [2.75, 3.05) is 19.6 Å². The zero-order valence-electron chi connectivity index (χ0n) is 13.0. The number of hydrogen-bond donors (Lipinski definition) is 1. The number of carbonyl (C=O) groups is 1. The predicted molar refractivity (Wildman–Crippen MR) is 88.1 cm³/mol. The summed E-state index contributed by atoms with van der Waals surface area (Å²) in [4.78, 5) is 14.2. The highest BCUT2D eigenvalue weighted by Crippen LogP contribution is 2.19. The molecule has 0 aliphatic carbocycles. The van der Waals surface area contributed by atoms with Gasteiger partial charge in [-0.15, -0.1) is 0 Å². The van der Waals surface area contributed by atoms with Gasteiger partial charge in [0.15, 0.2) is 0 Å². The Balaban J connectivity index is 1.50. The summed E-state index contributed by atoms with van der Waals surface area (Å²) in [5.41, 5.74) is 1.49. The number of carbonyl (C=O) groups excluding carboxylic acids is 1.